The molecule has 1 fully saturated rings. The van der Waals surface area contributed by atoms with Crippen molar-refractivity contribution < 1.29 is 23.0 Å². The van der Waals surface area contributed by atoms with Crippen LogP contribution in [0.2, 0.25) is 0 Å². The fourth-order valence-electron chi connectivity index (χ4n) is 3.65. The summed E-state index contributed by atoms with van der Waals surface area (Å²) in [4.78, 5) is 14.3. The van der Waals surface area contributed by atoms with Gasteiger partial charge in [-0.1, -0.05) is 13.5 Å². The molecule has 0 N–H and O–H groups in total. The molecule has 4 rings (SSSR count). The van der Waals surface area contributed by atoms with E-state index in [1.165, 1.54) is 24.3 Å². The Labute approximate surface area is 162 Å². The van der Waals surface area contributed by atoms with Gasteiger partial charge >= 0.3 is 5.79 Å². The quantitative estimate of drug-likeness (QED) is 0.711. The van der Waals surface area contributed by atoms with Gasteiger partial charge in [-0.3, -0.25) is 4.79 Å². The van der Waals surface area contributed by atoms with E-state index in [1.54, 1.807) is 17.0 Å². The lowest BCUT2D eigenvalue weighted by Gasteiger charge is -2.29. The second-order valence-corrected chi connectivity index (χ2v) is 7.06. The minimum Gasteiger partial charge on any atom is -0.441 e. The molecule has 2 aliphatic rings. The molecule has 0 aliphatic carbocycles. The monoisotopic (exact) mass is 385 g/mol. The van der Waals surface area contributed by atoms with Gasteiger partial charge in [-0.2, -0.15) is 0 Å². The average Bonchev–Trinajstić information content (AvgIpc) is 3.35. The lowest BCUT2D eigenvalue weighted by molar-refractivity contribution is -0.0518. The highest BCUT2D eigenvalue weighted by molar-refractivity contribution is 5.95. The summed E-state index contributed by atoms with van der Waals surface area (Å²) >= 11 is 0. The number of likely N-dealkylation sites (tertiary alicyclic amines) is 1. The number of hydrogen-bond acceptors (Lipinski definition) is 3. The Balaban J connectivity index is 1.73. The van der Waals surface area contributed by atoms with E-state index in [4.69, 9.17) is 9.47 Å². The van der Waals surface area contributed by atoms with E-state index in [-0.39, 0.29) is 28.8 Å². The van der Waals surface area contributed by atoms with Crippen molar-refractivity contribution >= 4 is 5.91 Å². The Morgan fingerprint density at radius 2 is 1.71 bits per heavy atom. The molecule has 28 heavy (non-hydrogen) atoms. The number of rotatable bonds is 4. The van der Waals surface area contributed by atoms with Crippen LogP contribution in [0, 0.1) is 11.6 Å². The Kier molecular flexibility index (Phi) is 4.57. The second kappa shape index (κ2) is 6.93. The van der Waals surface area contributed by atoms with Gasteiger partial charge in [0.05, 0.1) is 5.56 Å². The lowest BCUT2D eigenvalue weighted by atomic mass is 9.96. The maximum absolute atomic E-state index is 14.7. The van der Waals surface area contributed by atoms with Crippen LogP contribution in [0.5, 0.6) is 11.5 Å². The molecule has 1 amide bonds. The van der Waals surface area contributed by atoms with Gasteiger partial charge in [0.15, 0.2) is 11.5 Å². The average molecular weight is 385 g/mol. The number of nitrogens with zero attached hydrogens (tertiary/aromatic N) is 1. The molecular weight excluding hydrogens is 364 g/mol. The molecule has 1 unspecified atom stereocenters. The Morgan fingerprint density at radius 3 is 2.32 bits per heavy atom. The van der Waals surface area contributed by atoms with Crippen molar-refractivity contribution in [1.82, 2.24) is 4.90 Å². The summed E-state index contributed by atoms with van der Waals surface area (Å²) in [5, 5.41) is 0. The highest BCUT2D eigenvalue weighted by atomic mass is 19.1. The molecule has 0 spiro atoms. The molecule has 0 bridgehead atoms. The van der Waals surface area contributed by atoms with Crippen molar-refractivity contribution in [3.05, 3.63) is 71.3 Å². The molecule has 2 aromatic carbocycles. The van der Waals surface area contributed by atoms with Crippen LogP contribution in [-0.2, 0) is 5.79 Å². The third-order valence-electron chi connectivity index (χ3n) is 5.28. The summed E-state index contributed by atoms with van der Waals surface area (Å²) in [6.45, 7) is 7.18. The van der Waals surface area contributed by atoms with E-state index in [9.17, 15) is 13.6 Å². The standard InChI is InChI=1S/C22H21F2NO3/c1-3-14(2)22(15-6-8-16(23)9-7-15)27-19-12-17(18(24)13-20(19)28-22)21(26)25-10-4-5-11-25/h6-9,12-13H,2-5,10-11H2,1H3. The fourth-order valence-corrected chi connectivity index (χ4v) is 3.65. The highest BCUT2D eigenvalue weighted by Crippen LogP contribution is 2.49. The van der Waals surface area contributed by atoms with Crippen LogP contribution in [0.4, 0.5) is 8.78 Å². The van der Waals surface area contributed by atoms with Gasteiger partial charge < -0.3 is 14.4 Å². The van der Waals surface area contributed by atoms with E-state index in [0.29, 0.717) is 30.6 Å². The molecule has 2 aliphatic heterocycles. The van der Waals surface area contributed by atoms with Crippen molar-refractivity contribution in [2.24, 2.45) is 0 Å². The zero-order valence-electron chi connectivity index (χ0n) is 15.6. The first-order valence-corrected chi connectivity index (χ1v) is 9.39. The zero-order chi connectivity index (χ0) is 19.9. The number of amides is 1. The van der Waals surface area contributed by atoms with Crippen molar-refractivity contribution in [1.29, 1.82) is 0 Å². The van der Waals surface area contributed by atoms with Gasteiger partial charge in [0.1, 0.15) is 11.6 Å². The number of hydrogen-bond donors (Lipinski definition) is 0. The summed E-state index contributed by atoms with van der Waals surface area (Å²) in [5.41, 5.74) is 1.11. The number of fused-ring (bicyclic) bond motifs is 1. The molecule has 4 nitrogen and oxygen atoms in total. The summed E-state index contributed by atoms with van der Waals surface area (Å²) in [5.74, 6) is -2.32. The van der Waals surface area contributed by atoms with Crippen LogP contribution in [-0.4, -0.2) is 23.9 Å². The SMILES string of the molecule is C=C(CC)C1(c2ccc(F)cc2)Oc2cc(F)c(C(=O)N3CCCC3)cc2O1. The summed E-state index contributed by atoms with van der Waals surface area (Å²) in [7, 11) is 0. The molecule has 2 heterocycles. The molecule has 0 aromatic heterocycles. The van der Waals surface area contributed by atoms with Gasteiger partial charge in [-0.15, -0.1) is 0 Å². The smallest absolute Gasteiger partial charge is 0.301 e. The number of carbonyl (C=O) groups excluding carboxylic acids is 1. The van der Waals surface area contributed by atoms with Crippen LogP contribution in [0.15, 0.2) is 48.6 Å². The molecule has 2 aromatic rings. The van der Waals surface area contributed by atoms with Gasteiger partial charge in [-0.25, -0.2) is 8.78 Å². The molecule has 1 atom stereocenters. The second-order valence-electron chi connectivity index (χ2n) is 7.06. The van der Waals surface area contributed by atoms with E-state index >= 15 is 0 Å². The van der Waals surface area contributed by atoms with E-state index in [2.05, 4.69) is 6.58 Å². The van der Waals surface area contributed by atoms with Crippen molar-refractivity contribution in [2.75, 3.05) is 13.1 Å². The van der Waals surface area contributed by atoms with Crippen LogP contribution >= 0.6 is 0 Å². The Hall–Kier alpha value is -2.89. The first-order valence-electron chi connectivity index (χ1n) is 9.39. The van der Waals surface area contributed by atoms with Gasteiger partial charge in [-0.05, 0) is 49.6 Å². The van der Waals surface area contributed by atoms with Gasteiger partial charge in [0.2, 0.25) is 0 Å². The number of benzene rings is 2. The Morgan fingerprint density at radius 1 is 1.11 bits per heavy atom. The fraction of sp³-hybridized carbons (Fsp3) is 0.318. The first-order chi connectivity index (χ1) is 13.4. The third kappa shape index (κ3) is 2.93. The van der Waals surface area contributed by atoms with Crippen LogP contribution < -0.4 is 9.47 Å². The minimum absolute atomic E-state index is 0.0405. The predicted octanol–water partition coefficient (Wildman–Crippen LogP) is 4.79. The summed E-state index contributed by atoms with van der Waals surface area (Å²) in [6, 6.07) is 8.27. The van der Waals surface area contributed by atoms with Crippen LogP contribution in [0.3, 0.4) is 0 Å². The van der Waals surface area contributed by atoms with Crippen LogP contribution in [0.1, 0.15) is 42.1 Å². The predicted molar refractivity (Wildman–Crippen MR) is 100 cm³/mol. The van der Waals surface area contributed by atoms with Gasteiger partial charge in [0.25, 0.3) is 5.91 Å². The molecule has 1 saturated heterocycles. The number of halogens is 2. The summed E-state index contributed by atoms with van der Waals surface area (Å²) in [6.07, 6.45) is 2.37. The van der Waals surface area contributed by atoms with E-state index in [1.807, 2.05) is 6.92 Å². The molecule has 0 radical (unpaired) electrons. The van der Waals surface area contributed by atoms with E-state index < -0.39 is 11.6 Å². The first kappa shape index (κ1) is 18.5. The maximum atomic E-state index is 14.7. The highest BCUT2D eigenvalue weighted by Gasteiger charge is 2.46. The topological polar surface area (TPSA) is 38.8 Å². The lowest BCUT2D eigenvalue weighted by Crippen LogP contribution is -2.37. The summed E-state index contributed by atoms with van der Waals surface area (Å²) < 4.78 is 40.2. The minimum atomic E-state index is -1.38. The number of ether oxygens (including phenoxy) is 2. The third-order valence-corrected chi connectivity index (χ3v) is 5.28. The van der Waals surface area contributed by atoms with Crippen molar-refractivity contribution in [3.63, 3.8) is 0 Å². The van der Waals surface area contributed by atoms with Crippen LogP contribution in [0.25, 0.3) is 0 Å². The van der Waals surface area contributed by atoms with Gasteiger partial charge in [0, 0.05) is 30.3 Å². The van der Waals surface area contributed by atoms with Crippen molar-refractivity contribution in [2.45, 2.75) is 32.0 Å². The maximum Gasteiger partial charge on any atom is 0.301 e. The zero-order valence-corrected chi connectivity index (χ0v) is 15.6. The largest absolute Gasteiger partial charge is 0.441 e. The van der Waals surface area contributed by atoms with Crippen molar-refractivity contribution in [3.8, 4) is 11.5 Å². The van der Waals surface area contributed by atoms with E-state index in [0.717, 1.165) is 12.8 Å². The number of carbonyl (C=O) groups is 1. The molecule has 0 saturated carbocycles. The molecule has 146 valence electrons. The molecular formula is C22H21F2NO3. The Bertz CT molecular complexity index is 936. The molecule has 6 heteroatoms. The normalized spacial score (nSPS) is 20.5.